The predicted molar refractivity (Wildman–Crippen MR) is 63.3 cm³/mol. The van der Waals surface area contributed by atoms with Gasteiger partial charge in [0.2, 0.25) is 0 Å². The first-order valence-electron chi connectivity index (χ1n) is 5.27. The maximum atomic E-state index is 5.95. The van der Waals surface area contributed by atoms with Gasteiger partial charge in [-0.3, -0.25) is 0 Å². The zero-order valence-electron chi connectivity index (χ0n) is 9.59. The summed E-state index contributed by atoms with van der Waals surface area (Å²) in [4.78, 5) is 0. The van der Waals surface area contributed by atoms with Crippen molar-refractivity contribution in [3.8, 4) is 5.75 Å². The van der Waals surface area contributed by atoms with Crippen LogP contribution in [0.1, 0.15) is 19.4 Å². The molecule has 0 heterocycles. The lowest BCUT2D eigenvalue weighted by Crippen LogP contribution is -2.83. The topological polar surface area (TPSA) is 25.8 Å². The number of hydrogen-bond acceptors (Lipinski definition) is 1. The molecule has 15 heavy (non-hydrogen) atoms. The second kappa shape index (κ2) is 5.99. The normalized spacial score (nSPS) is 10.7. The summed E-state index contributed by atoms with van der Waals surface area (Å²) in [6, 6.07) is 5.74. The minimum Gasteiger partial charge on any atom is -0.496 e. The third-order valence-electron chi connectivity index (χ3n) is 2.24. The zero-order valence-corrected chi connectivity index (χ0v) is 10.3. The fourth-order valence-electron chi connectivity index (χ4n) is 1.48. The molecule has 0 bridgehead atoms. The Hall–Kier alpha value is -0.730. The van der Waals surface area contributed by atoms with Crippen molar-refractivity contribution in [2.45, 2.75) is 20.4 Å². The summed E-state index contributed by atoms with van der Waals surface area (Å²) in [7, 11) is 1.69. The van der Waals surface area contributed by atoms with E-state index >= 15 is 0 Å². The third-order valence-corrected chi connectivity index (χ3v) is 2.48. The second-order valence-corrected chi connectivity index (χ2v) is 4.51. The van der Waals surface area contributed by atoms with Gasteiger partial charge < -0.3 is 10.1 Å². The third kappa shape index (κ3) is 4.10. The molecule has 0 saturated heterocycles. The highest BCUT2D eigenvalue weighted by atomic mass is 35.5. The number of hydrogen-bond donors (Lipinski definition) is 1. The molecular weight excluding hydrogens is 210 g/mol. The van der Waals surface area contributed by atoms with Gasteiger partial charge in [0, 0.05) is 16.5 Å². The van der Waals surface area contributed by atoms with Gasteiger partial charge in [-0.2, -0.15) is 0 Å². The molecule has 0 saturated carbocycles. The number of methoxy groups -OCH3 is 1. The van der Waals surface area contributed by atoms with Crippen LogP contribution in [0.15, 0.2) is 18.2 Å². The van der Waals surface area contributed by atoms with Crippen LogP contribution in [0.4, 0.5) is 0 Å². The molecule has 0 radical (unpaired) electrons. The molecule has 0 atom stereocenters. The lowest BCUT2D eigenvalue weighted by Gasteiger charge is -2.09. The molecule has 0 unspecified atom stereocenters. The molecule has 0 aliphatic carbocycles. The second-order valence-electron chi connectivity index (χ2n) is 4.08. The molecule has 1 aromatic carbocycles. The lowest BCUT2D eigenvalue weighted by atomic mass is 10.2. The summed E-state index contributed by atoms with van der Waals surface area (Å²) in [5, 5.41) is 3.04. The van der Waals surface area contributed by atoms with Crippen LogP contribution in [0.5, 0.6) is 5.75 Å². The van der Waals surface area contributed by atoms with Crippen molar-refractivity contribution in [3.05, 3.63) is 28.8 Å². The van der Waals surface area contributed by atoms with E-state index < -0.39 is 0 Å². The van der Waals surface area contributed by atoms with Gasteiger partial charge in [0.05, 0.1) is 13.7 Å². The minimum absolute atomic E-state index is 0.704. The first kappa shape index (κ1) is 12.3. The number of nitrogens with two attached hydrogens (primary N) is 1. The predicted octanol–water partition coefficient (Wildman–Crippen LogP) is 2.07. The van der Waals surface area contributed by atoms with Gasteiger partial charge in [-0.15, -0.1) is 0 Å². The Labute approximate surface area is 96.6 Å². The molecular formula is C12H19ClNO+. The first-order valence-corrected chi connectivity index (χ1v) is 5.65. The van der Waals surface area contributed by atoms with Gasteiger partial charge in [-0.25, -0.2) is 0 Å². The minimum atomic E-state index is 0.704. The zero-order chi connectivity index (χ0) is 11.3. The number of rotatable bonds is 5. The molecule has 0 fully saturated rings. The van der Waals surface area contributed by atoms with Gasteiger partial charge >= 0.3 is 0 Å². The van der Waals surface area contributed by atoms with Crippen LogP contribution in [0, 0.1) is 5.92 Å². The van der Waals surface area contributed by atoms with E-state index in [1.807, 2.05) is 18.2 Å². The van der Waals surface area contributed by atoms with Crippen molar-refractivity contribution in [1.29, 1.82) is 0 Å². The molecule has 1 aromatic rings. The Morgan fingerprint density at radius 1 is 1.40 bits per heavy atom. The smallest absolute Gasteiger partial charge is 0.127 e. The summed E-state index contributed by atoms with van der Waals surface area (Å²) in [6.45, 7) is 6.47. The van der Waals surface area contributed by atoms with Gasteiger partial charge in [-0.05, 0) is 18.2 Å². The summed E-state index contributed by atoms with van der Waals surface area (Å²) >= 11 is 5.95. The van der Waals surface area contributed by atoms with Crippen molar-refractivity contribution in [2.75, 3.05) is 13.7 Å². The molecule has 0 spiro atoms. The van der Waals surface area contributed by atoms with Gasteiger partial charge in [0.1, 0.15) is 12.3 Å². The maximum absolute atomic E-state index is 5.95. The Balaban J connectivity index is 2.62. The molecule has 2 N–H and O–H groups in total. The van der Waals surface area contributed by atoms with Crippen molar-refractivity contribution in [3.63, 3.8) is 0 Å². The molecule has 1 rings (SSSR count). The van der Waals surface area contributed by atoms with Crippen LogP contribution in [-0.2, 0) is 6.54 Å². The van der Waals surface area contributed by atoms with Gasteiger partial charge in [0.15, 0.2) is 0 Å². The highest BCUT2D eigenvalue weighted by molar-refractivity contribution is 6.30. The number of halogens is 1. The average Bonchev–Trinajstić information content (AvgIpc) is 2.17. The van der Waals surface area contributed by atoms with E-state index in [9.17, 15) is 0 Å². The van der Waals surface area contributed by atoms with Crippen LogP contribution in [-0.4, -0.2) is 13.7 Å². The van der Waals surface area contributed by atoms with E-state index in [0.717, 1.165) is 29.4 Å². The lowest BCUT2D eigenvalue weighted by molar-refractivity contribution is -0.675. The summed E-state index contributed by atoms with van der Waals surface area (Å²) in [5.41, 5.74) is 1.16. The summed E-state index contributed by atoms with van der Waals surface area (Å²) in [5.74, 6) is 1.62. The van der Waals surface area contributed by atoms with E-state index in [1.165, 1.54) is 0 Å². The summed E-state index contributed by atoms with van der Waals surface area (Å²) in [6.07, 6.45) is 0. The molecule has 0 amide bonds. The monoisotopic (exact) mass is 228 g/mol. The Morgan fingerprint density at radius 2 is 2.13 bits per heavy atom. The van der Waals surface area contributed by atoms with E-state index in [-0.39, 0.29) is 0 Å². The van der Waals surface area contributed by atoms with Crippen LogP contribution in [0.3, 0.4) is 0 Å². The first-order chi connectivity index (χ1) is 7.13. The fourth-order valence-corrected chi connectivity index (χ4v) is 1.67. The summed E-state index contributed by atoms with van der Waals surface area (Å²) < 4.78 is 5.28. The van der Waals surface area contributed by atoms with Crippen molar-refractivity contribution in [2.24, 2.45) is 5.92 Å². The number of ether oxygens (including phenoxy) is 1. The highest BCUT2D eigenvalue weighted by Crippen LogP contribution is 2.21. The van der Waals surface area contributed by atoms with E-state index in [4.69, 9.17) is 16.3 Å². The van der Waals surface area contributed by atoms with E-state index in [2.05, 4.69) is 19.2 Å². The fraction of sp³-hybridized carbons (Fsp3) is 0.500. The maximum Gasteiger partial charge on any atom is 0.127 e. The van der Waals surface area contributed by atoms with Crippen LogP contribution < -0.4 is 10.1 Å². The Morgan fingerprint density at radius 3 is 2.73 bits per heavy atom. The highest BCUT2D eigenvalue weighted by Gasteiger charge is 2.06. The Kier molecular flexibility index (Phi) is 4.92. The van der Waals surface area contributed by atoms with E-state index in [1.54, 1.807) is 7.11 Å². The largest absolute Gasteiger partial charge is 0.496 e. The molecule has 84 valence electrons. The Bertz CT molecular complexity index is 312. The molecule has 3 heteroatoms. The quantitative estimate of drug-likeness (QED) is 0.821. The number of benzene rings is 1. The SMILES string of the molecule is COc1ccc(Cl)cc1C[NH2+]CC(C)C. The molecule has 0 aliphatic rings. The van der Waals surface area contributed by atoms with Crippen molar-refractivity contribution < 1.29 is 10.1 Å². The van der Waals surface area contributed by atoms with Crippen LogP contribution in [0.25, 0.3) is 0 Å². The van der Waals surface area contributed by atoms with Crippen molar-refractivity contribution in [1.82, 2.24) is 0 Å². The van der Waals surface area contributed by atoms with Gasteiger partial charge in [0.25, 0.3) is 0 Å². The van der Waals surface area contributed by atoms with Crippen LogP contribution in [0.2, 0.25) is 5.02 Å². The average molecular weight is 229 g/mol. The standard InChI is InChI=1S/C12H18ClNO/c1-9(2)7-14-8-10-6-11(13)4-5-12(10)15-3/h4-6,9,14H,7-8H2,1-3H3/p+1. The van der Waals surface area contributed by atoms with Gasteiger partial charge in [-0.1, -0.05) is 25.4 Å². The number of quaternary nitrogens is 1. The molecule has 2 nitrogen and oxygen atoms in total. The van der Waals surface area contributed by atoms with Crippen LogP contribution >= 0.6 is 11.6 Å². The van der Waals surface area contributed by atoms with Crippen molar-refractivity contribution >= 4 is 11.6 Å². The molecule has 0 aromatic heterocycles. The van der Waals surface area contributed by atoms with E-state index in [0.29, 0.717) is 5.92 Å². The molecule has 0 aliphatic heterocycles.